The number of anilines is 1. The van der Waals surface area contributed by atoms with Crippen LogP contribution in [0.15, 0.2) is 30.6 Å². The number of aromatic nitrogens is 2. The number of hydrogen-bond donors (Lipinski definition) is 2. The van der Waals surface area contributed by atoms with Gasteiger partial charge in [0.25, 0.3) is 11.8 Å². The van der Waals surface area contributed by atoms with Crippen molar-refractivity contribution in [3.8, 4) is 5.75 Å². The zero-order valence-electron chi connectivity index (χ0n) is 16.3. The average Bonchev–Trinajstić information content (AvgIpc) is 2.75. The van der Waals surface area contributed by atoms with Crippen LogP contribution in [0.4, 0.5) is 23.4 Å². The highest BCUT2D eigenvalue weighted by atomic mass is 35.5. The first-order valence-electron chi connectivity index (χ1n) is 9.30. The molecule has 0 unspecified atom stereocenters. The molecular weight excluding hydrogens is 460 g/mol. The van der Waals surface area contributed by atoms with Crippen molar-refractivity contribution in [3.05, 3.63) is 47.1 Å². The first kappa shape index (κ1) is 23.7. The van der Waals surface area contributed by atoms with Crippen LogP contribution in [0.3, 0.4) is 0 Å². The van der Waals surface area contributed by atoms with Crippen LogP contribution in [0.1, 0.15) is 18.5 Å². The smallest absolute Gasteiger partial charge is 0.434 e. The van der Waals surface area contributed by atoms with Gasteiger partial charge in [-0.15, -0.1) is 0 Å². The van der Waals surface area contributed by atoms with Gasteiger partial charge in [-0.1, -0.05) is 11.6 Å². The minimum absolute atomic E-state index is 0.0398. The van der Waals surface area contributed by atoms with Gasteiger partial charge in [-0.2, -0.15) is 13.2 Å². The molecule has 1 fully saturated rings. The number of halogens is 5. The molecule has 2 heterocycles. The van der Waals surface area contributed by atoms with Crippen LogP contribution >= 0.6 is 11.6 Å². The molecule has 0 spiro atoms. The van der Waals surface area contributed by atoms with E-state index in [0.717, 1.165) is 12.3 Å². The summed E-state index contributed by atoms with van der Waals surface area (Å²) in [5.74, 6) is -1.71. The summed E-state index contributed by atoms with van der Waals surface area (Å²) in [5.41, 5.74) is -1.17. The minimum atomic E-state index is -4.63. The standard InChI is InChI=1S/C19H17ClF4N4O4/c20-12-3-2-11(5-13(12)21)31-9-17(29)27-10-1-4-14(32-8-10)18(30)28-16-7-25-15(6-26-16)19(22,23)24/h2-3,5-7,10,14H,1,4,8-9H2,(H,27,29)(H,26,28,30)/t10-,14-/m1/s1. The molecular formula is C19H17ClF4N4O4. The molecule has 2 N–H and O–H groups in total. The molecule has 1 aromatic carbocycles. The number of benzene rings is 1. The van der Waals surface area contributed by atoms with E-state index in [1.165, 1.54) is 12.1 Å². The monoisotopic (exact) mass is 476 g/mol. The van der Waals surface area contributed by atoms with Crippen LogP contribution in [-0.2, 0) is 20.5 Å². The maximum Gasteiger partial charge on any atom is 0.434 e. The van der Waals surface area contributed by atoms with E-state index in [2.05, 4.69) is 20.6 Å². The van der Waals surface area contributed by atoms with Gasteiger partial charge in [-0.3, -0.25) is 9.59 Å². The molecule has 32 heavy (non-hydrogen) atoms. The lowest BCUT2D eigenvalue weighted by atomic mass is 10.0. The van der Waals surface area contributed by atoms with Crippen molar-refractivity contribution in [2.75, 3.05) is 18.5 Å². The van der Waals surface area contributed by atoms with E-state index < -0.39 is 35.6 Å². The summed E-state index contributed by atoms with van der Waals surface area (Å²) >= 11 is 5.57. The van der Waals surface area contributed by atoms with Crippen LogP contribution < -0.4 is 15.4 Å². The summed E-state index contributed by atoms with van der Waals surface area (Å²) in [5, 5.41) is 4.95. The summed E-state index contributed by atoms with van der Waals surface area (Å²) in [6.07, 6.45) is -3.49. The summed E-state index contributed by atoms with van der Waals surface area (Å²) in [6, 6.07) is 3.42. The molecule has 0 radical (unpaired) electrons. The summed E-state index contributed by atoms with van der Waals surface area (Å²) < 4.78 is 61.5. The Hall–Kier alpha value is -2.99. The summed E-state index contributed by atoms with van der Waals surface area (Å²) in [4.78, 5) is 31.0. The number of alkyl halides is 3. The Labute approximate surface area is 184 Å². The topological polar surface area (TPSA) is 102 Å². The van der Waals surface area contributed by atoms with Crippen molar-refractivity contribution in [1.29, 1.82) is 0 Å². The number of carbonyl (C=O) groups is 2. The summed E-state index contributed by atoms with van der Waals surface area (Å²) in [6.45, 7) is -0.313. The van der Waals surface area contributed by atoms with E-state index >= 15 is 0 Å². The van der Waals surface area contributed by atoms with Gasteiger partial charge in [-0.25, -0.2) is 14.4 Å². The Morgan fingerprint density at radius 3 is 2.59 bits per heavy atom. The lowest BCUT2D eigenvalue weighted by molar-refractivity contribution is -0.141. The minimum Gasteiger partial charge on any atom is -0.484 e. The van der Waals surface area contributed by atoms with Gasteiger partial charge >= 0.3 is 6.18 Å². The number of nitrogens with one attached hydrogen (secondary N) is 2. The van der Waals surface area contributed by atoms with E-state index in [0.29, 0.717) is 12.6 Å². The van der Waals surface area contributed by atoms with Gasteiger partial charge in [0.1, 0.15) is 17.7 Å². The number of hydrogen-bond acceptors (Lipinski definition) is 6. The van der Waals surface area contributed by atoms with Crippen LogP contribution in [0.5, 0.6) is 5.75 Å². The first-order chi connectivity index (χ1) is 15.1. The SMILES string of the molecule is O=C(COc1ccc(Cl)c(F)c1)N[C@@H]1CC[C@H](C(=O)Nc2cnc(C(F)(F)F)cn2)OC1. The number of amides is 2. The van der Waals surface area contributed by atoms with Crippen molar-refractivity contribution < 1.29 is 36.6 Å². The van der Waals surface area contributed by atoms with Gasteiger partial charge in [0.2, 0.25) is 0 Å². The Balaban J connectivity index is 1.40. The van der Waals surface area contributed by atoms with Crippen molar-refractivity contribution in [2.45, 2.75) is 31.2 Å². The molecule has 0 bridgehead atoms. The Bertz CT molecular complexity index is 967. The van der Waals surface area contributed by atoms with E-state index in [4.69, 9.17) is 21.1 Å². The van der Waals surface area contributed by atoms with Crippen LogP contribution in [-0.4, -0.2) is 47.1 Å². The van der Waals surface area contributed by atoms with Gasteiger partial charge in [0.05, 0.1) is 30.1 Å². The lowest BCUT2D eigenvalue weighted by Gasteiger charge is -2.28. The molecule has 2 amide bonds. The van der Waals surface area contributed by atoms with E-state index in [1.54, 1.807) is 0 Å². The normalized spacial score (nSPS) is 18.7. The van der Waals surface area contributed by atoms with E-state index in [9.17, 15) is 27.2 Å². The fourth-order valence-electron chi connectivity index (χ4n) is 2.80. The largest absolute Gasteiger partial charge is 0.484 e. The molecule has 2 aromatic rings. The third-order valence-electron chi connectivity index (χ3n) is 4.39. The molecule has 0 saturated carbocycles. The molecule has 172 valence electrons. The van der Waals surface area contributed by atoms with Crippen LogP contribution in [0.2, 0.25) is 5.02 Å². The molecule has 2 atom stereocenters. The lowest BCUT2D eigenvalue weighted by Crippen LogP contribution is -2.47. The van der Waals surface area contributed by atoms with Crippen molar-refractivity contribution >= 4 is 29.2 Å². The zero-order chi connectivity index (χ0) is 23.3. The van der Waals surface area contributed by atoms with Crippen molar-refractivity contribution in [3.63, 3.8) is 0 Å². The second kappa shape index (κ2) is 10.1. The molecule has 1 saturated heterocycles. The number of ether oxygens (including phenoxy) is 2. The Morgan fingerprint density at radius 2 is 2.00 bits per heavy atom. The Kier molecular flexibility index (Phi) is 7.46. The van der Waals surface area contributed by atoms with E-state index in [1.807, 2.05) is 0 Å². The molecule has 1 aliphatic heterocycles. The quantitative estimate of drug-likeness (QED) is 0.621. The first-order valence-corrected chi connectivity index (χ1v) is 9.68. The highest BCUT2D eigenvalue weighted by Gasteiger charge is 2.33. The second-order valence-corrected chi connectivity index (χ2v) is 7.21. The summed E-state index contributed by atoms with van der Waals surface area (Å²) in [7, 11) is 0. The van der Waals surface area contributed by atoms with Crippen molar-refractivity contribution in [2.24, 2.45) is 0 Å². The van der Waals surface area contributed by atoms with Crippen LogP contribution in [0.25, 0.3) is 0 Å². The van der Waals surface area contributed by atoms with Crippen LogP contribution in [0, 0.1) is 5.82 Å². The average molecular weight is 477 g/mol. The third kappa shape index (κ3) is 6.50. The molecule has 13 heteroatoms. The number of rotatable bonds is 6. The predicted octanol–water partition coefficient (Wildman–Crippen LogP) is 2.97. The fourth-order valence-corrected chi connectivity index (χ4v) is 2.92. The molecule has 0 aliphatic carbocycles. The van der Waals surface area contributed by atoms with E-state index in [-0.39, 0.29) is 42.3 Å². The maximum absolute atomic E-state index is 13.4. The maximum atomic E-state index is 13.4. The van der Waals surface area contributed by atoms with Gasteiger partial charge < -0.3 is 20.1 Å². The predicted molar refractivity (Wildman–Crippen MR) is 103 cm³/mol. The molecule has 8 nitrogen and oxygen atoms in total. The molecule has 1 aliphatic rings. The fraction of sp³-hybridized carbons (Fsp3) is 0.368. The highest BCUT2D eigenvalue weighted by Crippen LogP contribution is 2.27. The van der Waals surface area contributed by atoms with Crippen molar-refractivity contribution in [1.82, 2.24) is 15.3 Å². The highest BCUT2D eigenvalue weighted by molar-refractivity contribution is 6.30. The Morgan fingerprint density at radius 1 is 1.22 bits per heavy atom. The van der Waals surface area contributed by atoms with Gasteiger partial charge in [-0.05, 0) is 25.0 Å². The molecule has 1 aromatic heterocycles. The zero-order valence-corrected chi connectivity index (χ0v) is 17.0. The second-order valence-electron chi connectivity index (χ2n) is 6.80. The van der Waals surface area contributed by atoms with Gasteiger partial charge in [0.15, 0.2) is 18.1 Å². The molecule has 3 rings (SSSR count). The van der Waals surface area contributed by atoms with Gasteiger partial charge in [0, 0.05) is 6.07 Å². The number of nitrogens with zero attached hydrogens (tertiary/aromatic N) is 2. The third-order valence-corrected chi connectivity index (χ3v) is 4.69. The number of carbonyl (C=O) groups excluding carboxylic acids is 2.